The lowest BCUT2D eigenvalue weighted by Crippen LogP contribution is -2.33. The standard InChI is InChI=1S/C25H36N4O4/c1-18(33-15-14-25(2,3)26)4-13-23(31)27-16-19-5-9-21(10-6-19)28-24(32)29-22-11-7-20(17-30)8-12-22/h5-12,18,30H,4,13-17,26H2,1-3H3,(H,27,31)(H2,28,29,32). The van der Waals surface area contributed by atoms with Crippen LogP contribution in [0.3, 0.4) is 0 Å². The Morgan fingerprint density at radius 3 is 2.06 bits per heavy atom. The van der Waals surface area contributed by atoms with Gasteiger partial charge in [0.15, 0.2) is 0 Å². The summed E-state index contributed by atoms with van der Waals surface area (Å²) in [6, 6.07) is 13.9. The SMILES string of the molecule is CC(CCC(=O)NCc1ccc(NC(=O)Nc2ccc(CO)cc2)cc1)OCCC(C)(C)N. The predicted molar refractivity (Wildman–Crippen MR) is 131 cm³/mol. The van der Waals surface area contributed by atoms with Crippen LogP contribution in [-0.2, 0) is 22.7 Å². The number of aliphatic hydroxyl groups excluding tert-OH is 1. The van der Waals surface area contributed by atoms with Crippen LogP contribution in [0, 0.1) is 0 Å². The number of nitrogens with two attached hydrogens (primary N) is 1. The number of amides is 3. The molecule has 1 unspecified atom stereocenters. The maximum absolute atomic E-state index is 12.1. The summed E-state index contributed by atoms with van der Waals surface area (Å²) >= 11 is 0. The molecule has 0 aliphatic rings. The van der Waals surface area contributed by atoms with E-state index < -0.39 is 0 Å². The molecule has 0 spiro atoms. The van der Waals surface area contributed by atoms with Gasteiger partial charge < -0.3 is 31.5 Å². The van der Waals surface area contributed by atoms with Gasteiger partial charge in [-0.15, -0.1) is 0 Å². The van der Waals surface area contributed by atoms with E-state index in [1.807, 2.05) is 32.9 Å². The number of rotatable bonds is 12. The summed E-state index contributed by atoms with van der Waals surface area (Å²) < 4.78 is 5.71. The topological polar surface area (TPSA) is 126 Å². The van der Waals surface area contributed by atoms with Crippen molar-refractivity contribution < 1.29 is 19.4 Å². The summed E-state index contributed by atoms with van der Waals surface area (Å²) in [4.78, 5) is 24.2. The number of benzene rings is 2. The molecule has 2 rings (SSSR count). The Labute approximate surface area is 195 Å². The zero-order valence-corrected chi connectivity index (χ0v) is 19.7. The van der Waals surface area contributed by atoms with Crippen molar-refractivity contribution in [3.05, 3.63) is 59.7 Å². The second-order valence-electron chi connectivity index (χ2n) is 8.87. The molecule has 8 nitrogen and oxygen atoms in total. The molecule has 1 atom stereocenters. The third-order valence-electron chi connectivity index (χ3n) is 5.02. The van der Waals surface area contributed by atoms with Gasteiger partial charge in [0.05, 0.1) is 12.7 Å². The van der Waals surface area contributed by atoms with E-state index in [0.29, 0.717) is 37.4 Å². The average Bonchev–Trinajstić information content (AvgIpc) is 2.77. The van der Waals surface area contributed by atoms with Crippen LogP contribution in [0.15, 0.2) is 48.5 Å². The number of urea groups is 1. The number of carbonyl (C=O) groups excluding carboxylic acids is 2. The monoisotopic (exact) mass is 456 g/mol. The van der Waals surface area contributed by atoms with Crippen molar-refractivity contribution in [3.63, 3.8) is 0 Å². The number of hydrogen-bond donors (Lipinski definition) is 5. The molecule has 3 amide bonds. The highest BCUT2D eigenvalue weighted by molar-refractivity contribution is 5.99. The summed E-state index contributed by atoms with van der Waals surface area (Å²) in [6.07, 6.45) is 1.82. The molecule has 0 aliphatic carbocycles. The van der Waals surface area contributed by atoms with E-state index in [9.17, 15) is 9.59 Å². The van der Waals surface area contributed by atoms with Crippen molar-refractivity contribution in [2.75, 3.05) is 17.2 Å². The van der Waals surface area contributed by atoms with Crippen LogP contribution in [0.5, 0.6) is 0 Å². The second kappa shape index (κ2) is 12.9. The van der Waals surface area contributed by atoms with E-state index in [2.05, 4.69) is 16.0 Å². The maximum Gasteiger partial charge on any atom is 0.323 e. The fourth-order valence-electron chi connectivity index (χ4n) is 2.92. The maximum atomic E-state index is 12.1. The Balaban J connectivity index is 1.67. The minimum absolute atomic E-state index is 0.00205. The molecule has 0 saturated heterocycles. The molecule has 0 fully saturated rings. The molecule has 6 N–H and O–H groups in total. The zero-order chi connectivity index (χ0) is 24.3. The van der Waals surface area contributed by atoms with Crippen LogP contribution < -0.4 is 21.7 Å². The Hall–Kier alpha value is -2.94. The molecule has 2 aromatic carbocycles. The molecule has 8 heteroatoms. The molecule has 2 aromatic rings. The number of carbonyl (C=O) groups is 2. The molecular weight excluding hydrogens is 420 g/mol. The number of ether oxygens (including phenoxy) is 1. The fourth-order valence-corrected chi connectivity index (χ4v) is 2.92. The lowest BCUT2D eigenvalue weighted by Gasteiger charge is -2.20. The molecule has 0 aromatic heterocycles. The van der Waals surface area contributed by atoms with Gasteiger partial charge in [0.2, 0.25) is 5.91 Å². The van der Waals surface area contributed by atoms with Crippen LogP contribution in [0.2, 0.25) is 0 Å². The Morgan fingerprint density at radius 2 is 1.55 bits per heavy atom. The molecule has 0 aliphatic heterocycles. The van der Waals surface area contributed by atoms with Gasteiger partial charge in [-0.05, 0) is 69.0 Å². The van der Waals surface area contributed by atoms with Crippen LogP contribution in [0.25, 0.3) is 0 Å². The summed E-state index contributed by atoms with van der Waals surface area (Å²) in [6.45, 7) is 6.85. The van der Waals surface area contributed by atoms with Crippen LogP contribution in [-0.4, -0.2) is 35.3 Å². The first-order valence-corrected chi connectivity index (χ1v) is 11.2. The van der Waals surface area contributed by atoms with Gasteiger partial charge in [0.25, 0.3) is 0 Å². The van der Waals surface area contributed by atoms with Crippen LogP contribution in [0.4, 0.5) is 16.2 Å². The van der Waals surface area contributed by atoms with Gasteiger partial charge in [0, 0.05) is 36.5 Å². The summed E-state index contributed by atoms with van der Waals surface area (Å²) in [5.41, 5.74) is 8.67. The highest BCUT2D eigenvalue weighted by atomic mass is 16.5. The largest absolute Gasteiger partial charge is 0.392 e. The smallest absolute Gasteiger partial charge is 0.323 e. The van der Waals surface area contributed by atoms with Crippen molar-refractivity contribution >= 4 is 23.3 Å². The van der Waals surface area contributed by atoms with Gasteiger partial charge in [0.1, 0.15) is 0 Å². The lowest BCUT2D eigenvalue weighted by molar-refractivity contribution is -0.122. The summed E-state index contributed by atoms with van der Waals surface area (Å²) in [7, 11) is 0. The van der Waals surface area contributed by atoms with E-state index in [-0.39, 0.29) is 30.2 Å². The number of aliphatic hydroxyl groups is 1. The molecule has 33 heavy (non-hydrogen) atoms. The number of nitrogens with one attached hydrogen (secondary N) is 3. The molecule has 0 bridgehead atoms. The van der Waals surface area contributed by atoms with Gasteiger partial charge in [-0.1, -0.05) is 24.3 Å². The van der Waals surface area contributed by atoms with Crippen LogP contribution in [0.1, 0.15) is 51.2 Å². The van der Waals surface area contributed by atoms with Gasteiger partial charge in [-0.3, -0.25) is 4.79 Å². The summed E-state index contributed by atoms with van der Waals surface area (Å²) in [5, 5.41) is 17.5. The normalized spacial score (nSPS) is 12.2. The molecule has 0 radical (unpaired) electrons. The first kappa shape index (κ1) is 26.3. The quantitative estimate of drug-likeness (QED) is 0.333. The van der Waals surface area contributed by atoms with Crippen molar-refractivity contribution in [1.82, 2.24) is 5.32 Å². The van der Waals surface area contributed by atoms with E-state index in [1.54, 1.807) is 36.4 Å². The number of anilines is 2. The first-order chi connectivity index (χ1) is 15.6. The van der Waals surface area contributed by atoms with Crippen molar-refractivity contribution in [1.29, 1.82) is 0 Å². The van der Waals surface area contributed by atoms with E-state index in [0.717, 1.165) is 17.5 Å². The van der Waals surface area contributed by atoms with Gasteiger partial charge >= 0.3 is 6.03 Å². The molecular formula is C25H36N4O4. The number of hydrogen-bond acceptors (Lipinski definition) is 5. The first-order valence-electron chi connectivity index (χ1n) is 11.2. The molecule has 180 valence electrons. The van der Waals surface area contributed by atoms with Crippen LogP contribution >= 0.6 is 0 Å². The molecule has 0 heterocycles. The third-order valence-corrected chi connectivity index (χ3v) is 5.02. The Kier molecular flexibility index (Phi) is 10.3. The van der Waals surface area contributed by atoms with Gasteiger partial charge in [-0.25, -0.2) is 4.79 Å². The third kappa shape index (κ3) is 11.0. The van der Waals surface area contributed by atoms with E-state index >= 15 is 0 Å². The summed E-state index contributed by atoms with van der Waals surface area (Å²) in [5.74, 6) is -0.0293. The Bertz CT molecular complexity index is 877. The molecule has 0 saturated carbocycles. The van der Waals surface area contributed by atoms with E-state index in [1.165, 1.54) is 0 Å². The Morgan fingerprint density at radius 1 is 1.00 bits per heavy atom. The highest BCUT2D eigenvalue weighted by Crippen LogP contribution is 2.13. The average molecular weight is 457 g/mol. The highest BCUT2D eigenvalue weighted by Gasteiger charge is 2.12. The minimum Gasteiger partial charge on any atom is -0.392 e. The minimum atomic E-state index is -0.362. The van der Waals surface area contributed by atoms with Gasteiger partial charge in [-0.2, -0.15) is 0 Å². The van der Waals surface area contributed by atoms with Crippen molar-refractivity contribution in [2.24, 2.45) is 5.73 Å². The lowest BCUT2D eigenvalue weighted by atomic mass is 10.0. The fraction of sp³-hybridized carbons (Fsp3) is 0.440. The predicted octanol–water partition coefficient (Wildman–Crippen LogP) is 3.75. The second-order valence-corrected chi connectivity index (χ2v) is 8.87. The zero-order valence-electron chi connectivity index (χ0n) is 19.7. The van der Waals surface area contributed by atoms with Crippen molar-refractivity contribution in [2.45, 2.75) is 64.8 Å². The van der Waals surface area contributed by atoms with Crippen molar-refractivity contribution in [3.8, 4) is 0 Å². The van der Waals surface area contributed by atoms with E-state index in [4.69, 9.17) is 15.6 Å².